The van der Waals surface area contributed by atoms with E-state index in [9.17, 15) is 4.79 Å². The Morgan fingerprint density at radius 3 is 2.82 bits per heavy atom. The van der Waals surface area contributed by atoms with E-state index < -0.39 is 12.1 Å². The predicted octanol–water partition coefficient (Wildman–Crippen LogP) is 3.65. The lowest BCUT2D eigenvalue weighted by atomic mass is 10.2. The second kappa shape index (κ2) is 7.14. The molecular weight excluding hydrogens is 300 g/mol. The van der Waals surface area contributed by atoms with Crippen molar-refractivity contribution in [2.24, 2.45) is 0 Å². The minimum atomic E-state index is -0.770. The molecule has 0 bridgehead atoms. The molecule has 22 heavy (non-hydrogen) atoms. The average Bonchev–Trinajstić information content (AvgIpc) is 2.84. The molecule has 0 saturated carbocycles. The molecule has 0 unspecified atom stereocenters. The van der Waals surface area contributed by atoms with Crippen molar-refractivity contribution in [3.63, 3.8) is 0 Å². The number of aromatic nitrogens is 1. The average molecular weight is 316 g/mol. The Hall–Kier alpha value is -2.26. The van der Waals surface area contributed by atoms with Gasteiger partial charge in [-0.15, -0.1) is 11.8 Å². The van der Waals surface area contributed by atoms with E-state index in [1.54, 1.807) is 12.1 Å². The molecule has 1 aromatic carbocycles. The number of rotatable bonds is 5. The Balaban J connectivity index is 2.15. The van der Waals surface area contributed by atoms with Gasteiger partial charge in [0.2, 0.25) is 0 Å². The zero-order valence-electron chi connectivity index (χ0n) is 12.6. The minimum Gasteiger partial charge on any atom is -0.444 e. The first-order chi connectivity index (χ1) is 10.5. The molecule has 2 aromatic rings. The predicted molar refractivity (Wildman–Crippen MR) is 82.5 cm³/mol. The van der Waals surface area contributed by atoms with Crippen molar-refractivity contribution >= 4 is 17.7 Å². The second-order valence-corrected chi connectivity index (χ2v) is 5.78. The highest BCUT2D eigenvalue weighted by atomic mass is 32.2. The summed E-state index contributed by atoms with van der Waals surface area (Å²) >= 11 is 1.51. The third-order valence-corrected chi connectivity index (χ3v) is 4.23. The van der Waals surface area contributed by atoms with Crippen molar-refractivity contribution in [2.75, 3.05) is 0 Å². The summed E-state index contributed by atoms with van der Waals surface area (Å²) < 4.78 is 10.2. The molecule has 0 aliphatic carbocycles. The third-order valence-electron chi connectivity index (χ3n) is 3.13. The molecular formula is C16H16N2O3S. The highest BCUT2D eigenvalue weighted by molar-refractivity contribution is 7.98. The monoisotopic (exact) mass is 316 g/mol. The lowest BCUT2D eigenvalue weighted by molar-refractivity contribution is 0.0431. The van der Waals surface area contributed by atoms with Gasteiger partial charge in [0.1, 0.15) is 11.8 Å². The maximum Gasteiger partial charge on any atom is 0.340 e. The first kappa shape index (κ1) is 16.1. The van der Waals surface area contributed by atoms with Crippen molar-refractivity contribution in [2.45, 2.75) is 37.5 Å². The molecule has 1 atom stereocenters. The van der Waals surface area contributed by atoms with Gasteiger partial charge in [-0.05, 0) is 32.9 Å². The molecule has 0 N–H and O–H groups in total. The van der Waals surface area contributed by atoms with Crippen molar-refractivity contribution in [1.82, 2.24) is 5.16 Å². The number of nitrogens with zero attached hydrogens (tertiary/aromatic N) is 2. The molecule has 2 rings (SSSR count). The number of aryl methyl sites for hydroxylation is 2. The van der Waals surface area contributed by atoms with Crippen LogP contribution in [0.25, 0.3) is 0 Å². The van der Waals surface area contributed by atoms with Crippen LogP contribution in [0.1, 0.15) is 34.3 Å². The van der Waals surface area contributed by atoms with Gasteiger partial charge in [-0.25, -0.2) is 4.79 Å². The summed E-state index contributed by atoms with van der Waals surface area (Å²) in [5, 5.41) is 12.7. The summed E-state index contributed by atoms with van der Waals surface area (Å²) in [6, 6.07) is 9.07. The van der Waals surface area contributed by atoms with Crippen LogP contribution >= 0.6 is 11.8 Å². The van der Waals surface area contributed by atoms with Gasteiger partial charge in [-0.1, -0.05) is 17.3 Å². The summed E-state index contributed by atoms with van der Waals surface area (Å²) in [5.74, 6) is 0.943. The highest BCUT2D eigenvalue weighted by Gasteiger charge is 2.17. The number of thioether (sulfide) groups is 1. The van der Waals surface area contributed by atoms with Crippen LogP contribution in [0.4, 0.5) is 0 Å². The van der Waals surface area contributed by atoms with E-state index in [1.165, 1.54) is 18.7 Å². The molecule has 0 amide bonds. The van der Waals surface area contributed by atoms with Crippen LogP contribution in [0.3, 0.4) is 0 Å². The summed E-state index contributed by atoms with van der Waals surface area (Å²) in [6.07, 6.45) is -0.770. The number of benzene rings is 1. The molecule has 114 valence electrons. The van der Waals surface area contributed by atoms with Gasteiger partial charge in [-0.3, -0.25) is 0 Å². The number of nitriles is 1. The molecule has 6 heteroatoms. The van der Waals surface area contributed by atoms with E-state index in [0.717, 1.165) is 21.9 Å². The third kappa shape index (κ3) is 3.68. The quantitative estimate of drug-likeness (QED) is 0.619. The van der Waals surface area contributed by atoms with E-state index in [-0.39, 0.29) is 0 Å². The number of hydrogen-bond acceptors (Lipinski definition) is 6. The minimum absolute atomic E-state index is 0.460. The molecule has 5 nitrogen and oxygen atoms in total. The first-order valence-corrected chi connectivity index (χ1v) is 7.75. The molecule has 0 spiro atoms. The zero-order valence-corrected chi connectivity index (χ0v) is 13.4. The molecule has 0 aliphatic rings. The Morgan fingerprint density at radius 1 is 1.45 bits per heavy atom. The fourth-order valence-electron chi connectivity index (χ4n) is 1.87. The largest absolute Gasteiger partial charge is 0.444 e. The van der Waals surface area contributed by atoms with Crippen LogP contribution in [0, 0.1) is 25.2 Å². The van der Waals surface area contributed by atoms with Crippen molar-refractivity contribution < 1.29 is 14.1 Å². The molecule has 0 fully saturated rings. The Labute approximate surface area is 133 Å². The van der Waals surface area contributed by atoms with E-state index in [0.29, 0.717) is 11.3 Å². The zero-order chi connectivity index (χ0) is 16.1. The summed E-state index contributed by atoms with van der Waals surface area (Å²) in [4.78, 5) is 12.9. The standard InChI is InChI=1S/C16H16N2O3S/c1-10(8-17)20-16(19)13-6-4-5-7-15(13)22-9-14-11(2)18-21-12(14)3/h4-7,10H,9H2,1-3H3/t10-/m0/s1. The van der Waals surface area contributed by atoms with Crippen LogP contribution in [-0.4, -0.2) is 17.2 Å². The topological polar surface area (TPSA) is 76.1 Å². The fraction of sp³-hybridized carbons (Fsp3) is 0.312. The second-order valence-electron chi connectivity index (χ2n) is 4.76. The van der Waals surface area contributed by atoms with Gasteiger partial charge in [-0.2, -0.15) is 5.26 Å². The maximum absolute atomic E-state index is 12.1. The molecule has 1 aromatic heterocycles. The van der Waals surface area contributed by atoms with E-state index in [2.05, 4.69) is 5.16 Å². The van der Waals surface area contributed by atoms with E-state index in [1.807, 2.05) is 32.0 Å². The number of carbonyl (C=O) groups excluding carboxylic acids is 1. The van der Waals surface area contributed by atoms with E-state index >= 15 is 0 Å². The van der Waals surface area contributed by atoms with Gasteiger partial charge in [0.25, 0.3) is 0 Å². The van der Waals surface area contributed by atoms with Gasteiger partial charge in [0.15, 0.2) is 6.10 Å². The highest BCUT2D eigenvalue weighted by Crippen LogP contribution is 2.29. The Bertz CT molecular complexity index is 699. The van der Waals surface area contributed by atoms with Crippen LogP contribution < -0.4 is 0 Å². The van der Waals surface area contributed by atoms with E-state index in [4.69, 9.17) is 14.5 Å². The molecule has 0 saturated heterocycles. The number of carbonyl (C=O) groups is 1. The Morgan fingerprint density at radius 2 is 2.18 bits per heavy atom. The number of ether oxygens (including phenoxy) is 1. The summed E-state index contributed by atoms with van der Waals surface area (Å²) in [7, 11) is 0. The van der Waals surface area contributed by atoms with Crippen LogP contribution in [0.5, 0.6) is 0 Å². The van der Waals surface area contributed by atoms with Gasteiger partial charge < -0.3 is 9.26 Å². The molecule has 0 radical (unpaired) electrons. The van der Waals surface area contributed by atoms with Crippen molar-refractivity contribution in [3.8, 4) is 6.07 Å². The lowest BCUT2D eigenvalue weighted by Gasteiger charge is -2.10. The molecule has 1 heterocycles. The first-order valence-electron chi connectivity index (χ1n) is 6.77. The summed E-state index contributed by atoms with van der Waals surface area (Å²) in [6.45, 7) is 5.29. The lowest BCUT2D eigenvalue weighted by Crippen LogP contribution is -2.13. The van der Waals surface area contributed by atoms with Crippen molar-refractivity contribution in [1.29, 1.82) is 5.26 Å². The van der Waals surface area contributed by atoms with Gasteiger partial charge in [0, 0.05) is 16.2 Å². The smallest absolute Gasteiger partial charge is 0.340 e. The van der Waals surface area contributed by atoms with Crippen LogP contribution in [0.2, 0.25) is 0 Å². The number of esters is 1. The Kier molecular flexibility index (Phi) is 5.23. The fourth-order valence-corrected chi connectivity index (χ4v) is 3.06. The maximum atomic E-state index is 12.1. The van der Waals surface area contributed by atoms with Crippen LogP contribution in [-0.2, 0) is 10.5 Å². The molecule has 0 aliphatic heterocycles. The number of hydrogen-bond donors (Lipinski definition) is 0. The van der Waals surface area contributed by atoms with Gasteiger partial charge in [0.05, 0.1) is 11.3 Å². The van der Waals surface area contributed by atoms with Crippen molar-refractivity contribution in [3.05, 3.63) is 46.8 Å². The van der Waals surface area contributed by atoms with Gasteiger partial charge >= 0.3 is 5.97 Å². The van der Waals surface area contributed by atoms with Crippen LogP contribution in [0.15, 0.2) is 33.7 Å². The summed E-state index contributed by atoms with van der Waals surface area (Å²) in [5.41, 5.74) is 2.34. The normalized spacial score (nSPS) is 11.7. The SMILES string of the molecule is Cc1noc(C)c1CSc1ccccc1C(=O)O[C@@H](C)C#N.